The molecule has 0 fully saturated rings. The van der Waals surface area contributed by atoms with Gasteiger partial charge in [-0.3, -0.25) is 4.68 Å². The first-order chi connectivity index (χ1) is 10.2. The average Bonchev–Trinajstić information content (AvgIpc) is 3.06. The first kappa shape index (κ1) is 14.9. The van der Waals surface area contributed by atoms with Gasteiger partial charge in [0.2, 0.25) is 0 Å². The van der Waals surface area contributed by atoms with Crippen molar-refractivity contribution in [1.82, 2.24) is 15.1 Å². The van der Waals surface area contributed by atoms with Crippen LogP contribution in [0, 0.1) is 0 Å². The molecular formula is C16H20ClN3S. The van der Waals surface area contributed by atoms with Gasteiger partial charge in [0.25, 0.3) is 0 Å². The second-order valence-corrected chi connectivity index (χ2v) is 6.86. The molecule has 0 aliphatic carbocycles. The largest absolute Gasteiger partial charge is 0.308 e. The molecule has 2 aromatic rings. The minimum absolute atomic E-state index is 0.209. The van der Waals surface area contributed by atoms with Crippen LogP contribution in [-0.4, -0.2) is 22.1 Å². The molecule has 2 heterocycles. The fraction of sp³-hybridized carbons (Fsp3) is 0.438. The number of halogens is 1. The van der Waals surface area contributed by atoms with Crippen molar-refractivity contribution in [3.63, 3.8) is 0 Å². The van der Waals surface area contributed by atoms with Crippen LogP contribution >= 0.6 is 23.4 Å². The third-order valence-corrected chi connectivity index (χ3v) is 5.49. The molecule has 0 bridgehead atoms. The molecule has 2 unspecified atom stereocenters. The number of nitrogens with one attached hydrogen (secondary N) is 1. The highest BCUT2D eigenvalue weighted by atomic mass is 35.5. The van der Waals surface area contributed by atoms with E-state index in [-0.39, 0.29) is 6.04 Å². The maximum absolute atomic E-state index is 6.39. The van der Waals surface area contributed by atoms with Gasteiger partial charge in [-0.1, -0.05) is 36.7 Å². The summed E-state index contributed by atoms with van der Waals surface area (Å²) in [4.78, 5) is 1.39. The van der Waals surface area contributed by atoms with Gasteiger partial charge < -0.3 is 5.32 Å². The van der Waals surface area contributed by atoms with Crippen LogP contribution in [0.2, 0.25) is 5.02 Å². The van der Waals surface area contributed by atoms with E-state index < -0.39 is 0 Å². The Balaban J connectivity index is 1.98. The fourth-order valence-corrected chi connectivity index (χ4v) is 4.54. The van der Waals surface area contributed by atoms with E-state index in [0.717, 1.165) is 29.4 Å². The van der Waals surface area contributed by atoms with E-state index in [2.05, 4.69) is 41.6 Å². The molecule has 1 aliphatic heterocycles. The zero-order valence-electron chi connectivity index (χ0n) is 12.3. The molecule has 1 N–H and O–H groups in total. The summed E-state index contributed by atoms with van der Waals surface area (Å²) in [5, 5.41) is 8.74. The smallest absolute Gasteiger partial charge is 0.0834 e. The second-order valence-electron chi connectivity index (χ2n) is 5.39. The Morgan fingerprint density at radius 1 is 1.48 bits per heavy atom. The summed E-state index contributed by atoms with van der Waals surface area (Å²) < 4.78 is 1.90. The van der Waals surface area contributed by atoms with Gasteiger partial charge in [0.15, 0.2) is 0 Å². The van der Waals surface area contributed by atoms with Crippen molar-refractivity contribution in [3.05, 3.63) is 46.7 Å². The maximum atomic E-state index is 6.39. The molecule has 3 rings (SSSR count). The van der Waals surface area contributed by atoms with Gasteiger partial charge in [-0.2, -0.15) is 5.10 Å². The van der Waals surface area contributed by atoms with Gasteiger partial charge in [-0.25, -0.2) is 0 Å². The van der Waals surface area contributed by atoms with Crippen LogP contribution in [-0.2, 0) is 7.05 Å². The molecule has 3 nitrogen and oxygen atoms in total. The average molecular weight is 322 g/mol. The monoisotopic (exact) mass is 321 g/mol. The van der Waals surface area contributed by atoms with Crippen LogP contribution in [0.25, 0.3) is 0 Å². The van der Waals surface area contributed by atoms with Crippen molar-refractivity contribution in [2.75, 3.05) is 12.3 Å². The molecule has 1 aromatic carbocycles. The summed E-state index contributed by atoms with van der Waals surface area (Å²) in [6.07, 6.45) is 2.85. The van der Waals surface area contributed by atoms with E-state index in [1.807, 2.05) is 23.5 Å². The predicted molar refractivity (Wildman–Crippen MR) is 89.2 cm³/mol. The Morgan fingerprint density at radius 3 is 3.00 bits per heavy atom. The molecule has 2 atom stereocenters. The van der Waals surface area contributed by atoms with Crippen molar-refractivity contribution in [2.45, 2.75) is 30.2 Å². The standard InChI is InChI=1S/C16H20ClN3S/c1-3-8-18-15(16-13(17)9-19-20(16)2)12-10-21-14-7-5-4-6-11(12)14/h4-7,9,12,15,18H,3,8,10H2,1-2H3. The van der Waals surface area contributed by atoms with Crippen molar-refractivity contribution >= 4 is 23.4 Å². The van der Waals surface area contributed by atoms with E-state index in [1.165, 1.54) is 10.5 Å². The highest BCUT2D eigenvalue weighted by molar-refractivity contribution is 7.99. The van der Waals surface area contributed by atoms with E-state index in [9.17, 15) is 0 Å². The van der Waals surface area contributed by atoms with Gasteiger partial charge >= 0.3 is 0 Å². The number of rotatable bonds is 5. The van der Waals surface area contributed by atoms with Crippen molar-refractivity contribution in [1.29, 1.82) is 0 Å². The van der Waals surface area contributed by atoms with Gasteiger partial charge in [0.05, 0.1) is 23.0 Å². The summed E-state index contributed by atoms with van der Waals surface area (Å²) in [7, 11) is 1.97. The number of hydrogen-bond acceptors (Lipinski definition) is 3. The molecule has 5 heteroatoms. The van der Waals surface area contributed by atoms with Crippen LogP contribution in [0.5, 0.6) is 0 Å². The number of hydrogen-bond donors (Lipinski definition) is 1. The minimum Gasteiger partial charge on any atom is -0.308 e. The zero-order chi connectivity index (χ0) is 14.8. The molecule has 21 heavy (non-hydrogen) atoms. The molecule has 1 aromatic heterocycles. The van der Waals surface area contributed by atoms with Crippen LogP contribution in [0.15, 0.2) is 35.4 Å². The van der Waals surface area contributed by atoms with Crippen LogP contribution in [0.4, 0.5) is 0 Å². The Hall–Kier alpha value is -0.970. The number of aryl methyl sites for hydroxylation is 1. The SMILES string of the molecule is CCCNC(c1c(Cl)cnn1C)C1CSc2ccccc21. The summed E-state index contributed by atoms with van der Waals surface area (Å²) in [5.41, 5.74) is 2.51. The summed E-state index contributed by atoms with van der Waals surface area (Å²) in [6, 6.07) is 8.90. The van der Waals surface area contributed by atoms with Crippen LogP contribution < -0.4 is 5.32 Å². The predicted octanol–water partition coefficient (Wildman–Crippen LogP) is 4.00. The molecule has 0 radical (unpaired) electrons. The summed E-state index contributed by atoms with van der Waals surface area (Å²) in [6.45, 7) is 3.17. The van der Waals surface area contributed by atoms with Crippen molar-refractivity contribution in [2.24, 2.45) is 7.05 Å². The molecule has 112 valence electrons. The molecule has 0 spiro atoms. The molecular weight excluding hydrogens is 302 g/mol. The first-order valence-corrected chi connectivity index (χ1v) is 8.71. The normalized spacial score (nSPS) is 18.7. The molecule has 1 aliphatic rings. The highest BCUT2D eigenvalue weighted by Crippen LogP contribution is 2.46. The number of nitrogens with zero attached hydrogens (tertiary/aromatic N) is 2. The second kappa shape index (κ2) is 6.42. The quantitative estimate of drug-likeness (QED) is 0.902. The Bertz CT molecular complexity index is 606. The Morgan fingerprint density at radius 2 is 2.29 bits per heavy atom. The number of benzene rings is 1. The number of fused-ring (bicyclic) bond motifs is 1. The third kappa shape index (κ3) is 2.85. The van der Waals surface area contributed by atoms with Gasteiger partial charge in [-0.05, 0) is 24.6 Å². The number of thioether (sulfide) groups is 1. The molecule has 0 amide bonds. The summed E-state index contributed by atoms with van der Waals surface area (Å²) in [5.74, 6) is 1.52. The zero-order valence-corrected chi connectivity index (χ0v) is 13.9. The van der Waals surface area contributed by atoms with E-state index in [0.29, 0.717) is 5.92 Å². The van der Waals surface area contributed by atoms with Gasteiger partial charge in [0, 0.05) is 23.6 Å². The highest BCUT2D eigenvalue weighted by Gasteiger charge is 2.33. The van der Waals surface area contributed by atoms with Crippen molar-refractivity contribution < 1.29 is 0 Å². The summed E-state index contributed by atoms with van der Waals surface area (Å²) >= 11 is 8.33. The Kier molecular flexibility index (Phi) is 4.57. The third-order valence-electron chi connectivity index (χ3n) is 3.99. The van der Waals surface area contributed by atoms with Gasteiger partial charge in [0.1, 0.15) is 0 Å². The van der Waals surface area contributed by atoms with E-state index in [1.54, 1.807) is 6.20 Å². The van der Waals surface area contributed by atoms with Crippen LogP contribution in [0.3, 0.4) is 0 Å². The number of aromatic nitrogens is 2. The lowest BCUT2D eigenvalue weighted by molar-refractivity contribution is 0.443. The lowest BCUT2D eigenvalue weighted by Crippen LogP contribution is -2.30. The minimum atomic E-state index is 0.209. The van der Waals surface area contributed by atoms with E-state index in [4.69, 9.17) is 11.6 Å². The lowest BCUT2D eigenvalue weighted by atomic mass is 9.91. The molecule has 0 saturated carbocycles. The van der Waals surface area contributed by atoms with Crippen LogP contribution in [0.1, 0.15) is 36.6 Å². The molecule has 0 saturated heterocycles. The first-order valence-electron chi connectivity index (χ1n) is 7.35. The fourth-order valence-electron chi connectivity index (χ4n) is 2.96. The topological polar surface area (TPSA) is 29.9 Å². The van der Waals surface area contributed by atoms with E-state index >= 15 is 0 Å². The maximum Gasteiger partial charge on any atom is 0.0834 e. The van der Waals surface area contributed by atoms with Gasteiger partial charge in [-0.15, -0.1) is 11.8 Å². The Labute approximate surface area is 135 Å². The lowest BCUT2D eigenvalue weighted by Gasteiger charge is -2.26. The van der Waals surface area contributed by atoms with Crippen molar-refractivity contribution in [3.8, 4) is 0 Å².